The summed E-state index contributed by atoms with van der Waals surface area (Å²) in [6, 6.07) is -0.833. The summed E-state index contributed by atoms with van der Waals surface area (Å²) in [5.74, 6) is -0.322. The number of halogens is 1. The molecule has 0 saturated carbocycles. The number of nitrogens with zero attached hydrogens (tertiary/aromatic N) is 1. The molecule has 0 aliphatic rings. The molecule has 11 N–H and O–H groups in total. The lowest BCUT2D eigenvalue weighted by Crippen LogP contribution is -2.25. The maximum atomic E-state index is 9.00. The third-order valence-corrected chi connectivity index (χ3v) is 0.191. The van der Waals surface area contributed by atoms with Crippen LogP contribution in [0.1, 0.15) is 0 Å². The maximum Gasteiger partial charge on any atom is 0.309 e. The van der Waals surface area contributed by atoms with Gasteiger partial charge in [0.05, 0.1) is 0 Å². The molecule has 0 aliphatic carbocycles. The Morgan fingerprint density at radius 2 is 1.57 bits per heavy atom. The number of amides is 2. The van der Waals surface area contributed by atoms with Crippen molar-refractivity contribution < 1.29 is 9.59 Å². The van der Waals surface area contributed by atoms with Crippen LogP contribution in [0.2, 0.25) is 0 Å². The molecule has 10 heteroatoms. The van der Waals surface area contributed by atoms with Gasteiger partial charge >= 0.3 is 6.03 Å². The second-order valence-corrected chi connectivity index (χ2v) is 1.05. The summed E-state index contributed by atoms with van der Waals surface area (Å²) >= 11 is 0. The van der Waals surface area contributed by atoms with Gasteiger partial charge in [0.2, 0.25) is 0 Å². The fraction of sp³-hybridized carbons (Fsp3) is 0. The first kappa shape index (κ1) is 29.7. The lowest BCUT2D eigenvalue weighted by atomic mass is 11.0. The third-order valence-electron chi connectivity index (χ3n) is 0.191. The van der Waals surface area contributed by atoms with Crippen LogP contribution in [0.25, 0.3) is 0 Å². The fourth-order valence-corrected chi connectivity index (χ4v) is 0.0602. The molecule has 0 fully saturated rings. The molecule has 0 aromatic heterocycles. The minimum Gasteiger partial charge on any atom is -0.369 e. The molecule has 0 bridgehead atoms. The van der Waals surface area contributed by atoms with Crippen molar-refractivity contribution in [3.63, 3.8) is 0 Å². The van der Waals surface area contributed by atoms with Gasteiger partial charge in [0.1, 0.15) is 6.79 Å². The predicted molar refractivity (Wildman–Crippen MR) is 53.8 cm³/mol. The highest BCUT2D eigenvalue weighted by Gasteiger charge is 1.73. The minimum atomic E-state index is -0.833. The van der Waals surface area contributed by atoms with Crippen LogP contribution in [-0.4, -0.2) is 18.8 Å². The highest BCUT2D eigenvalue weighted by molar-refractivity contribution is 5.85. The summed E-state index contributed by atoms with van der Waals surface area (Å²) < 4.78 is 0. The highest BCUT2D eigenvalue weighted by Crippen LogP contribution is 1.37. The highest BCUT2D eigenvalue weighted by atomic mass is 35.5. The van der Waals surface area contributed by atoms with E-state index in [1.165, 1.54) is 6.19 Å². The Labute approximate surface area is 87.1 Å². The summed E-state index contributed by atoms with van der Waals surface area (Å²) in [5.41, 5.74) is 13.2. The Hall–Kier alpha value is -2.05. The van der Waals surface area contributed by atoms with E-state index in [0.717, 1.165) is 0 Å². The number of primary amides is 2. The van der Waals surface area contributed by atoms with Gasteiger partial charge in [-0.1, -0.05) is 0 Å². The van der Waals surface area contributed by atoms with Gasteiger partial charge in [-0.3, -0.25) is 10.7 Å². The Morgan fingerprint density at radius 3 is 1.57 bits per heavy atom. The smallest absolute Gasteiger partial charge is 0.309 e. The molecule has 0 saturated heterocycles. The van der Waals surface area contributed by atoms with Crippen molar-refractivity contribution in [1.29, 1.82) is 10.7 Å². The Bertz CT molecular complexity index is 175. The molecule has 0 spiro atoms. The summed E-state index contributed by atoms with van der Waals surface area (Å²) in [6.07, 6.45) is 1.47. The van der Waals surface area contributed by atoms with Gasteiger partial charge in [-0.15, -0.1) is 12.4 Å². The normalized spacial score (nSPS) is 4.50. The molecule has 0 heterocycles. The van der Waals surface area contributed by atoms with Crippen molar-refractivity contribution in [1.82, 2.24) is 11.5 Å². The number of nitrogens with two attached hydrogens (primary N) is 3. The standard InChI is InChI=1S/C2H4N4.CH4N2O.CH2O.ClH.H3N/c3-1-6-2(4)5;2-1(3)4;1-2;;/h(H4,4,5,6);(H4,2,3,4);1H2;1H;1H3. The first-order chi connectivity index (χ1) is 5.50. The largest absolute Gasteiger partial charge is 0.369 e. The zero-order valence-electron chi connectivity index (χ0n) is 7.32. The van der Waals surface area contributed by atoms with Gasteiger partial charge in [-0.2, -0.15) is 5.26 Å². The van der Waals surface area contributed by atoms with Gasteiger partial charge in [-0.05, 0) is 0 Å². The van der Waals surface area contributed by atoms with E-state index in [-0.39, 0.29) is 24.5 Å². The van der Waals surface area contributed by atoms with E-state index < -0.39 is 6.03 Å². The summed E-state index contributed by atoms with van der Waals surface area (Å²) in [6.45, 7) is 2.00. The van der Waals surface area contributed by atoms with Crippen LogP contribution in [0.3, 0.4) is 0 Å². The van der Waals surface area contributed by atoms with Crippen molar-refractivity contribution in [2.75, 3.05) is 0 Å². The SMILES string of the molecule is C=O.Cl.N.N#CNC(=N)N.NC(N)=O. The molecule has 0 aromatic rings. The van der Waals surface area contributed by atoms with E-state index in [1.807, 2.05) is 12.1 Å². The van der Waals surface area contributed by atoms with Crippen molar-refractivity contribution >= 4 is 31.2 Å². The predicted octanol–water partition coefficient (Wildman–Crippen LogP) is -1.63. The number of urea groups is 1. The molecule has 0 radical (unpaired) electrons. The molecule has 0 atom stereocenters. The van der Waals surface area contributed by atoms with E-state index >= 15 is 0 Å². The number of guanidine groups is 1. The zero-order chi connectivity index (χ0) is 10.6. The average Bonchev–Trinajstić information content (AvgIpc) is 1.90. The number of nitrogens with one attached hydrogen (secondary N) is 2. The van der Waals surface area contributed by atoms with Crippen LogP contribution in [0, 0.1) is 16.9 Å². The topological polar surface area (TPSA) is 207 Å². The van der Waals surface area contributed by atoms with Crippen molar-refractivity contribution in [2.45, 2.75) is 0 Å². The molecule has 0 rings (SSSR count). The van der Waals surface area contributed by atoms with E-state index in [0.29, 0.717) is 0 Å². The minimum absolute atomic E-state index is 0. The monoisotopic (exact) mass is 227 g/mol. The van der Waals surface area contributed by atoms with Crippen molar-refractivity contribution in [3.05, 3.63) is 0 Å². The number of rotatable bonds is 0. The number of hydrogen-bond acceptors (Lipinski definition) is 5. The lowest BCUT2D eigenvalue weighted by Gasteiger charge is -1.82. The quantitative estimate of drug-likeness (QED) is 0.124. The Kier molecular flexibility index (Phi) is 64.9. The van der Waals surface area contributed by atoms with E-state index in [9.17, 15) is 0 Å². The summed E-state index contributed by atoms with van der Waals surface area (Å²) in [4.78, 5) is 17.0. The molecule has 2 amide bonds. The van der Waals surface area contributed by atoms with E-state index in [2.05, 4.69) is 17.2 Å². The molecule has 14 heavy (non-hydrogen) atoms. The van der Waals surface area contributed by atoms with Gasteiger partial charge in [0, 0.05) is 0 Å². The van der Waals surface area contributed by atoms with Gasteiger partial charge < -0.3 is 28.1 Å². The molecule has 84 valence electrons. The number of nitriles is 1. The van der Waals surface area contributed by atoms with Gasteiger partial charge in [0.25, 0.3) is 0 Å². The molecule has 9 nitrogen and oxygen atoms in total. The Balaban J connectivity index is -0.0000000302. The first-order valence-corrected chi connectivity index (χ1v) is 2.33. The van der Waals surface area contributed by atoms with Gasteiger partial charge in [-0.25, -0.2) is 4.79 Å². The summed E-state index contributed by atoms with van der Waals surface area (Å²) in [5, 5.41) is 15.9. The lowest BCUT2D eigenvalue weighted by molar-refractivity contribution is -0.0979. The molecular weight excluding hydrogens is 214 g/mol. The molecule has 0 aliphatic heterocycles. The van der Waals surface area contributed by atoms with Crippen molar-refractivity contribution in [2.24, 2.45) is 17.2 Å². The second-order valence-electron chi connectivity index (χ2n) is 1.05. The van der Waals surface area contributed by atoms with Crippen LogP contribution in [0.5, 0.6) is 0 Å². The van der Waals surface area contributed by atoms with Crippen molar-refractivity contribution in [3.8, 4) is 6.19 Å². The van der Waals surface area contributed by atoms with Crippen LogP contribution in [0.15, 0.2) is 0 Å². The second kappa shape index (κ2) is 30.6. The van der Waals surface area contributed by atoms with Gasteiger partial charge in [0.15, 0.2) is 12.2 Å². The van der Waals surface area contributed by atoms with Crippen LogP contribution >= 0.6 is 12.4 Å². The van der Waals surface area contributed by atoms with Crippen LogP contribution in [0.4, 0.5) is 4.79 Å². The molecule has 0 aromatic carbocycles. The van der Waals surface area contributed by atoms with Crippen LogP contribution in [-0.2, 0) is 4.79 Å². The summed E-state index contributed by atoms with van der Waals surface area (Å²) in [7, 11) is 0. The zero-order valence-corrected chi connectivity index (χ0v) is 8.13. The van der Waals surface area contributed by atoms with E-state index in [4.69, 9.17) is 20.3 Å². The number of hydrogen-bond donors (Lipinski definition) is 6. The van der Waals surface area contributed by atoms with Crippen LogP contribution < -0.4 is 28.7 Å². The number of carbonyl (C=O) groups excluding carboxylic acids is 2. The first-order valence-electron chi connectivity index (χ1n) is 2.33. The maximum absolute atomic E-state index is 9.00. The fourth-order valence-electron chi connectivity index (χ4n) is 0.0602. The molecule has 0 unspecified atom stereocenters. The van der Waals surface area contributed by atoms with E-state index in [1.54, 1.807) is 0 Å². The third kappa shape index (κ3) is 883. The Morgan fingerprint density at radius 1 is 1.36 bits per heavy atom. The molecular formula is C4H14ClN7O2. The number of carbonyl (C=O) groups is 2. The average molecular weight is 228 g/mol.